The van der Waals surface area contributed by atoms with Crippen LogP contribution in [0.4, 0.5) is 11.0 Å². The van der Waals surface area contributed by atoms with Gasteiger partial charge in [-0.05, 0) is 25.5 Å². The van der Waals surface area contributed by atoms with Crippen molar-refractivity contribution in [2.75, 3.05) is 5.32 Å². The number of nitro groups is 1. The summed E-state index contributed by atoms with van der Waals surface area (Å²) in [6, 6.07) is 10.6. The summed E-state index contributed by atoms with van der Waals surface area (Å²) >= 11 is 1.38. The summed E-state index contributed by atoms with van der Waals surface area (Å²) in [6.45, 7) is 3.92. The topological polar surface area (TPSA) is 98.3 Å². The number of carbonyl (C=O) groups is 1. The Morgan fingerprint density at radius 2 is 1.96 bits per heavy atom. The minimum Gasteiger partial charge on any atom is -0.395 e. The van der Waals surface area contributed by atoms with Gasteiger partial charge in [0.15, 0.2) is 10.9 Å². The van der Waals surface area contributed by atoms with Crippen LogP contribution in [0.3, 0.4) is 0 Å². The molecule has 0 aliphatic rings. The van der Waals surface area contributed by atoms with E-state index >= 15 is 0 Å². The van der Waals surface area contributed by atoms with E-state index in [9.17, 15) is 14.9 Å². The Morgan fingerprint density at radius 1 is 1.24 bits per heavy atom. The van der Waals surface area contributed by atoms with Crippen molar-refractivity contribution in [2.45, 2.75) is 20.3 Å². The lowest BCUT2D eigenvalue weighted by Gasteiger charge is -2.00. The number of furan rings is 1. The number of hydrogen-bond acceptors (Lipinski definition) is 6. The Balaban J connectivity index is 1.72. The molecule has 1 N–H and O–H groups in total. The zero-order valence-corrected chi connectivity index (χ0v) is 14.4. The van der Waals surface area contributed by atoms with E-state index in [0.717, 1.165) is 28.6 Å². The third-order valence-electron chi connectivity index (χ3n) is 3.59. The number of amides is 1. The Bertz CT molecular complexity index is 928. The largest absolute Gasteiger partial charge is 0.433 e. The summed E-state index contributed by atoms with van der Waals surface area (Å²) in [6.07, 6.45) is 0.728. The van der Waals surface area contributed by atoms with Gasteiger partial charge in [-0.15, -0.1) is 11.3 Å². The number of nitrogens with zero attached hydrogens (tertiary/aromatic N) is 2. The first-order chi connectivity index (χ1) is 11.9. The molecule has 2 aromatic heterocycles. The Hall–Kier alpha value is -3.00. The van der Waals surface area contributed by atoms with Crippen molar-refractivity contribution in [1.29, 1.82) is 0 Å². The van der Waals surface area contributed by atoms with Crippen LogP contribution in [-0.2, 0) is 6.42 Å². The fourth-order valence-electron chi connectivity index (χ4n) is 2.24. The zero-order chi connectivity index (χ0) is 18.0. The maximum Gasteiger partial charge on any atom is 0.433 e. The van der Waals surface area contributed by atoms with Crippen LogP contribution in [0.2, 0.25) is 0 Å². The van der Waals surface area contributed by atoms with E-state index in [1.807, 2.05) is 13.8 Å². The fourth-order valence-corrected chi connectivity index (χ4v) is 3.24. The van der Waals surface area contributed by atoms with Crippen LogP contribution in [0.5, 0.6) is 0 Å². The first-order valence-corrected chi connectivity index (χ1v) is 8.31. The molecular formula is C17H15N3O4S. The SMILES string of the molecule is Cc1ccc(Cc2sc(NC(=O)c3ccc([N+](=O)[O-])o3)nc2C)cc1. The van der Waals surface area contributed by atoms with Gasteiger partial charge in [-0.1, -0.05) is 29.8 Å². The van der Waals surface area contributed by atoms with Crippen molar-refractivity contribution in [3.8, 4) is 0 Å². The average molecular weight is 357 g/mol. The second-order valence-electron chi connectivity index (χ2n) is 5.54. The Labute approximate surface area is 147 Å². The normalized spacial score (nSPS) is 10.6. The molecule has 0 aliphatic carbocycles. The Morgan fingerprint density at radius 3 is 2.60 bits per heavy atom. The number of benzene rings is 1. The predicted molar refractivity (Wildman–Crippen MR) is 94.2 cm³/mol. The molecule has 0 fully saturated rings. The lowest BCUT2D eigenvalue weighted by molar-refractivity contribution is -0.402. The van der Waals surface area contributed by atoms with E-state index in [4.69, 9.17) is 4.42 Å². The summed E-state index contributed by atoms with van der Waals surface area (Å²) in [5.41, 5.74) is 3.20. The number of hydrogen-bond donors (Lipinski definition) is 1. The highest BCUT2D eigenvalue weighted by atomic mass is 32.1. The number of aryl methyl sites for hydroxylation is 2. The van der Waals surface area contributed by atoms with Crippen LogP contribution in [-0.4, -0.2) is 15.8 Å². The van der Waals surface area contributed by atoms with Crippen LogP contribution < -0.4 is 5.32 Å². The van der Waals surface area contributed by atoms with Gasteiger partial charge in [0.05, 0.1) is 11.8 Å². The van der Waals surface area contributed by atoms with Crippen molar-refractivity contribution in [3.05, 3.63) is 74.0 Å². The van der Waals surface area contributed by atoms with Gasteiger partial charge in [0.1, 0.15) is 4.92 Å². The molecule has 3 aromatic rings. The summed E-state index contributed by atoms with van der Waals surface area (Å²) < 4.78 is 4.89. The van der Waals surface area contributed by atoms with Crippen molar-refractivity contribution in [1.82, 2.24) is 4.98 Å². The summed E-state index contributed by atoms with van der Waals surface area (Å²) in [5.74, 6) is -1.16. The number of anilines is 1. The summed E-state index contributed by atoms with van der Waals surface area (Å²) in [5, 5.41) is 13.7. The highest BCUT2D eigenvalue weighted by Crippen LogP contribution is 2.26. The molecule has 25 heavy (non-hydrogen) atoms. The molecule has 0 spiro atoms. The fraction of sp³-hybridized carbons (Fsp3) is 0.176. The van der Waals surface area contributed by atoms with Gasteiger partial charge in [-0.2, -0.15) is 0 Å². The second-order valence-corrected chi connectivity index (χ2v) is 6.62. The van der Waals surface area contributed by atoms with Gasteiger partial charge in [0.2, 0.25) is 0 Å². The molecule has 0 radical (unpaired) electrons. The van der Waals surface area contributed by atoms with E-state index in [1.54, 1.807) is 0 Å². The molecule has 128 valence electrons. The maximum atomic E-state index is 12.1. The van der Waals surface area contributed by atoms with E-state index < -0.39 is 16.7 Å². The highest BCUT2D eigenvalue weighted by molar-refractivity contribution is 7.15. The minimum atomic E-state index is -0.690. The van der Waals surface area contributed by atoms with Crippen molar-refractivity contribution in [2.24, 2.45) is 0 Å². The lowest BCUT2D eigenvalue weighted by atomic mass is 10.1. The van der Waals surface area contributed by atoms with Crippen LogP contribution in [0.25, 0.3) is 0 Å². The van der Waals surface area contributed by atoms with E-state index in [1.165, 1.54) is 23.0 Å². The van der Waals surface area contributed by atoms with Gasteiger partial charge in [-0.25, -0.2) is 4.98 Å². The monoisotopic (exact) mass is 357 g/mol. The molecule has 3 rings (SSSR count). The summed E-state index contributed by atoms with van der Waals surface area (Å²) in [4.78, 5) is 27.4. The molecule has 0 bridgehead atoms. The van der Waals surface area contributed by atoms with Crippen molar-refractivity contribution < 1.29 is 14.1 Å². The molecule has 8 heteroatoms. The van der Waals surface area contributed by atoms with E-state index in [0.29, 0.717) is 5.13 Å². The number of carbonyl (C=O) groups excluding carboxylic acids is 1. The molecule has 1 amide bonds. The molecule has 0 atom stereocenters. The minimum absolute atomic E-state index is 0.125. The standard InChI is InChI=1S/C17H15N3O4S/c1-10-3-5-12(6-4-10)9-14-11(2)18-17(25-14)19-16(21)13-7-8-15(24-13)20(22)23/h3-8H,9H2,1-2H3,(H,18,19,21). The lowest BCUT2D eigenvalue weighted by Crippen LogP contribution is -2.10. The molecule has 0 saturated heterocycles. The van der Waals surface area contributed by atoms with E-state index in [2.05, 4.69) is 34.6 Å². The average Bonchev–Trinajstić information content (AvgIpc) is 3.17. The molecule has 0 aliphatic heterocycles. The number of rotatable bonds is 5. The molecule has 7 nitrogen and oxygen atoms in total. The molecule has 0 saturated carbocycles. The second kappa shape index (κ2) is 6.86. The van der Waals surface area contributed by atoms with Gasteiger partial charge < -0.3 is 4.42 Å². The third kappa shape index (κ3) is 3.92. The quantitative estimate of drug-likeness (QED) is 0.547. The zero-order valence-electron chi connectivity index (χ0n) is 13.6. The van der Waals surface area contributed by atoms with Crippen molar-refractivity contribution >= 4 is 28.3 Å². The summed E-state index contributed by atoms with van der Waals surface area (Å²) in [7, 11) is 0. The predicted octanol–water partition coefficient (Wildman–Crippen LogP) is 4.10. The van der Waals surface area contributed by atoms with Crippen LogP contribution >= 0.6 is 11.3 Å². The third-order valence-corrected chi connectivity index (χ3v) is 4.67. The molecule has 1 aromatic carbocycles. The van der Waals surface area contributed by atoms with Gasteiger partial charge in [-0.3, -0.25) is 20.2 Å². The maximum absolute atomic E-state index is 12.1. The molecule has 2 heterocycles. The van der Waals surface area contributed by atoms with Gasteiger partial charge >= 0.3 is 5.88 Å². The van der Waals surface area contributed by atoms with Crippen molar-refractivity contribution in [3.63, 3.8) is 0 Å². The van der Waals surface area contributed by atoms with E-state index in [-0.39, 0.29) is 5.76 Å². The number of thiazole rings is 1. The molecule has 0 unspecified atom stereocenters. The first kappa shape index (κ1) is 16.8. The van der Waals surface area contributed by atoms with Gasteiger partial charge in [0.25, 0.3) is 5.91 Å². The first-order valence-electron chi connectivity index (χ1n) is 7.50. The smallest absolute Gasteiger partial charge is 0.395 e. The van der Waals surface area contributed by atoms with Crippen LogP contribution in [0, 0.1) is 24.0 Å². The number of nitrogens with one attached hydrogen (secondary N) is 1. The highest BCUT2D eigenvalue weighted by Gasteiger charge is 2.19. The van der Waals surface area contributed by atoms with Crippen LogP contribution in [0.15, 0.2) is 40.8 Å². The van der Waals surface area contributed by atoms with Gasteiger partial charge in [0, 0.05) is 11.3 Å². The number of aromatic nitrogens is 1. The Kier molecular flexibility index (Phi) is 4.62. The molecular weight excluding hydrogens is 342 g/mol. The van der Waals surface area contributed by atoms with Crippen LogP contribution in [0.1, 0.15) is 32.3 Å².